The van der Waals surface area contributed by atoms with E-state index >= 15 is 0 Å². The van der Waals surface area contributed by atoms with Crippen LogP contribution < -0.4 is 5.32 Å². The number of nitrogens with zero attached hydrogens (tertiary/aromatic N) is 2. The Morgan fingerprint density at radius 1 is 1.12 bits per heavy atom. The van der Waals surface area contributed by atoms with Gasteiger partial charge in [0.25, 0.3) is 11.8 Å². The van der Waals surface area contributed by atoms with Crippen LogP contribution in [0.25, 0.3) is 0 Å². The van der Waals surface area contributed by atoms with Gasteiger partial charge >= 0.3 is 5.97 Å². The topological polar surface area (TPSA) is 122 Å². The van der Waals surface area contributed by atoms with E-state index in [1.165, 1.54) is 40.4 Å². The molecule has 2 atom stereocenters. The van der Waals surface area contributed by atoms with Crippen LogP contribution in [-0.2, 0) is 29.1 Å². The predicted molar refractivity (Wildman–Crippen MR) is 116 cm³/mol. The largest absolute Gasteiger partial charge is 0.451 e. The molecule has 178 valence electrons. The molecule has 1 aromatic carbocycles. The van der Waals surface area contributed by atoms with E-state index in [0.29, 0.717) is 13.2 Å². The molecule has 0 aliphatic carbocycles. The Labute approximate surface area is 188 Å². The van der Waals surface area contributed by atoms with Crippen LogP contribution in [0.3, 0.4) is 0 Å². The summed E-state index contributed by atoms with van der Waals surface area (Å²) in [5, 5.41) is 2.60. The van der Waals surface area contributed by atoms with Gasteiger partial charge in [-0.05, 0) is 31.0 Å². The summed E-state index contributed by atoms with van der Waals surface area (Å²) in [7, 11) is -0.677. The monoisotopic (exact) mass is 469 g/mol. The van der Waals surface area contributed by atoms with E-state index in [9.17, 15) is 22.8 Å². The smallest absolute Gasteiger partial charge is 0.329 e. The molecule has 1 N–H and O–H groups in total. The average Bonchev–Trinajstić information content (AvgIpc) is 2.76. The van der Waals surface area contributed by atoms with E-state index in [0.717, 1.165) is 0 Å². The molecule has 1 aromatic rings. The molecule has 32 heavy (non-hydrogen) atoms. The number of nitrogens with one attached hydrogen (secondary N) is 1. The third-order valence-corrected chi connectivity index (χ3v) is 6.89. The molecule has 0 aromatic heterocycles. The van der Waals surface area contributed by atoms with Crippen molar-refractivity contribution in [1.82, 2.24) is 14.5 Å². The number of hydrogen-bond donors (Lipinski definition) is 1. The molecule has 1 unspecified atom stereocenters. The predicted octanol–water partition coefficient (Wildman–Crippen LogP) is 0.482. The fraction of sp³-hybridized carbons (Fsp3) is 0.571. The van der Waals surface area contributed by atoms with Gasteiger partial charge in [0.1, 0.15) is 6.04 Å². The molecule has 1 heterocycles. The Hall–Kier alpha value is -2.50. The third-order valence-electron chi connectivity index (χ3n) is 4.99. The van der Waals surface area contributed by atoms with Crippen molar-refractivity contribution >= 4 is 27.8 Å². The molecule has 1 saturated heterocycles. The first-order valence-electron chi connectivity index (χ1n) is 10.4. The summed E-state index contributed by atoms with van der Waals surface area (Å²) < 4.78 is 37.5. The van der Waals surface area contributed by atoms with E-state index < -0.39 is 34.0 Å². The molecular formula is C21H31N3O7S. The van der Waals surface area contributed by atoms with Crippen LogP contribution in [0, 0.1) is 5.92 Å². The number of benzene rings is 1. The van der Waals surface area contributed by atoms with Gasteiger partial charge in [-0.2, -0.15) is 4.31 Å². The number of amides is 2. The van der Waals surface area contributed by atoms with E-state index in [1.807, 2.05) is 0 Å². The minimum Gasteiger partial charge on any atom is -0.451 e. The minimum atomic E-state index is -3.77. The molecule has 11 heteroatoms. The van der Waals surface area contributed by atoms with Crippen LogP contribution in [0.5, 0.6) is 0 Å². The molecule has 10 nitrogen and oxygen atoms in total. The number of ether oxygens (including phenoxy) is 2. The molecule has 2 rings (SSSR count). The number of rotatable bonds is 8. The molecule has 1 fully saturated rings. The summed E-state index contributed by atoms with van der Waals surface area (Å²) in [4.78, 5) is 38.7. The van der Waals surface area contributed by atoms with Crippen molar-refractivity contribution in [1.29, 1.82) is 0 Å². The van der Waals surface area contributed by atoms with Gasteiger partial charge in [0.15, 0.2) is 6.10 Å². The third kappa shape index (κ3) is 6.27. The van der Waals surface area contributed by atoms with Crippen molar-refractivity contribution < 1.29 is 32.3 Å². The van der Waals surface area contributed by atoms with E-state index in [2.05, 4.69) is 5.32 Å². The van der Waals surface area contributed by atoms with Gasteiger partial charge in [0, 0.05) is 32.7 Å². The quantitative estimate of drug-likeness (QED) is 0.550. The molecular weight excluding hydrogens is 438 g/mol. The second-order valence-corrected chi connectivity index (χ2v) is 9.99. The number of carbonyl (C=O) groups excluding carboxylic acids is 3. The first kappa shape index (κ1) is 25.8. The average molecular weight is 470 g/mol. The lowest BCUT2D eigenvalue weighted by atomic mass is 10.0. The van der Waals surface area contributed by atoms with Crippen LogP contribution >= 0.6 is 0 Å². The van der Waals surface area contributed by atoms with Gasteiger partial charge < -0.3 is 19.7 Å². The molecule has 1 aliphatic rings. The van der Waals surface area contributed by atoms with Crippen molar-refractivity contribution in [2.45, 2.75) is 37.8 Å². The highest BCUT2D eigenvalue weighted by atomic mass is 32.2. The first-order chi connectivity index (χ1) is 14.9. The van der Waals surface area contributed by atoms with Crippen LogP contribution in [0.15, 0.2) is 29.2 Å². The van der Waals surface area contributed by atoms with Crippen molar-refractivity contribution in [2.75, 3.05) is 40.4 Å². The Kier molecular flexibility index (Phi) is 8.76. The molecule has 0 bridgehead atoms. The Morgan fingerprint density at radius 3 is 2.31 bits per heavy atom. The van der Waals surface area contributed by atoms with Gasteiger partial charge in [-0.25, -0.2) is 13.2 Å². The van der Waals surface area contributed by atoms with E-state index in [4.69, 9.17) is 9.47 Å². The van der Waals surface area contributed by atoms with Crippen LogP contribution in [-0.4, -0.2) is 88.0 Å². The molecule has 0 radical (unpaired) electrons. The van der Waals surface area contributed by atoms with Crippen molar-refractivity contribution in [3.05, 3.63) is 29.8 Å². The summed E-state index contributed by atoms with van der Waals surface area (Å²) in [6.07, 6.45) is -1.00. The second kappa shape index (κ2) is 10.9. The van der Waals surface area contributed by atoms with Gasteiger partial charge in [0.2, 0.25) is 10.0 Å². The second-order valence-electron chi connectivity index (χ2n) is 8.05. The normalized spacial score (nSPS) is 16.8. The summed E-state index contributed by atoms with van der Waals surface area (Å²) >= 11 is 0. The summed E-state index contributed by atoms with van der Waals surface area (Å²) in [5.41, 5.74) is 0.0928. The lowest BCUT2D eigenvalue weighted by Crippen LogP contribution is -2.47. The Balaban J connectivity index is 2.16. The van der Waals surface area contributed by atoms with Crippen molar-refractivity contribution in [2.24, 2.45) is 5.92 Å². The molecule has 0 saturated carbocycles. The van der Waals surface area contributed by atoms with Gasteiger partial charge in [-0.1, -0.05) is 19.9 Å². The number of hydrogen-bond acceptors (Lipinski definition) is 7. The summed E-state index contributed by atoms with van der Waals surface area (Å²) in [5.74, 6) is -2.07. The lowest BCUT2D eigenvalue weighted by molar-refractivity contribution is -0.160. The van der Waals surface area contributed by atoms with E-state index in [-0.39, 0.29) is 35.4 Å². The maximum atomic E-state index is 12.9. The number of likely N-dealkylation sites (N-methyl/N-ethyl adjacent to an activating group) is 1. The van der Waals surface area contributed by atoms with Gasteiger partial charge in [-0.15, -0.1) is 0 Å². The fourth-order valence-electron chi connectivity index (χ4n) is 3.12. The minimum absolute atomic E-state index is 0.0130. The zero-order chi connectivity index (χ0) is 24.1. The lowest BCUT2D eigenvalue weighted by Gasteiger charge is -2.26. The Morgan fingerprint density at radius 2 is 1.75 bits per heavy atom. The Bertz CT molecular complexity index is 940. The maximum Gasteiger partial charge on any atom is 0.329 e. The van der Waals surface area contributed by atoms with Gasteiger partial charge in [-0.3, -0.25) is 9.59 Å². The van der Waals surface area contributed by atoms with Gasteiger partial charge in [0.05, 0.1) is 18.1 Å². The number of morpholine rings is 1. The standard InChI is InChI=1S/C21H31N3O7S/c1-14(2)18(21(27)31-15(3)20(26)23(4)5)22-19(25)16-7-6-8-17(13-16)32(28,29)24-9-11-30-12-10-24/h6-8,13-15,18H,9-12H2,1-5H3,(H,22,25)/t15?,18-/m0/s1. The molecule has 0 spiro atoms. The van der Waals surface area contributed by atoms with Crippen LogP contribution in [0.2, 0.25) is 0 Å². The molecule has 1 aliphatic heterocycles. The van der Waals surface area contributed by atoms with Crippen LogP contribution in [0.4, 0.5) is 0 Å². The summed E-state index contributed by atoms with van der Waals surface area (Å²) in [6, 6.07) is 4.63. The highest BCUT2D eigenvalue weighted by Crippen LogP contribution is 2.19. The van der Waals surface area contributed by atoms with Crippen molar-refractivity contribution in [3.8, 4) is 0 Å². The first-order valence-corrected chi connectivity index (χ1v) is 11.8. The maximum absolute atomic E-state index is 12.9. The number of esters is 1. The van der Waals surface area contributed by atoms with Crippen molar-refractivity contribution in [3.63, 3.8) is 0 Å². The SMILES string of the molecule is CC(OC(=O)[C@@H](NC(=O)c1cccc(S(=O)(=O)N2CCOCC2)c1)C(C)C)C(=O)N(C)C. The highest BCUT2D eigenvalue weighted by molar-refractivity contribution is 7.89. The highest BCUT2D eigenvalue weighted by Gasteiger charge is 2.31. The molecule has 2 amide bonds. The fourth-order valence-corrected chi connectivity index (χ4v) is 4.57. The summed E-state index contributed by atoms with van der Waals surface area (Å²) in [6.45, 7) is 6.01. The number of carbonyl (C=O) groups is 3. The van der Waals surface area contributed by atoms with Crippen LogP contribution in [0.1, 0.15) is 31.1 Å². The number of sulfonamides is 1. The zero-order valence-corrected chi connectivity index (χ0v) is 19.8. The zero-order valence-electron chi connectivity index (χ0n) is 19.0. The van der Waals surface area contributed by atoms with E-state index in [1.54, 1.807) is 27.9 Å².